The van der Waals surface area contributed by atoms with Crippen molar-refractivity contribution in [2.45, 2.75) is 52.4 Å². The first-order valence-electron chi connectivity index (χ1n) is 12.3. The van der Waals surface area contributed by atoms with Gasteiger partial charge in [-0.05, 0) is 53.9 Å². The number of halogens is 4. The lowest BCUT2D eigenvalue weighted by atomic mass is 9.96. The number of methoxy groups -OCH3 is 1. The summed E-state index contributed by atoms with van der Waals surface area (Å²) in [5.41, 5.74) is -0.454. The Kier molecular flexibility index (Phi) is 7.48. The highest BCUT2D eigenvalue weighted by Crippen LogP contribution is 2.40. The minimum Gasteiger partial charge on any atom is -0.465 e. The van der Waals surface area contributed by atoms with Crippen LogP contribution in [0.4, 0.5) is 17.6 Å². The molecule has 4 aromatic rings. The summed E-state index contributed by atoms with van der Waals surface area (Å²) in [6.07, 6.45) is 0. The SMILES string of the molecule is COC(=O)c1cc(C)cc2[nH]c(-c3c(F)c(F)c(-c4ccccc4CO[Si](C)(C)C(C)(C)C)c(F)c3F)nc12. The summed E-state index contributed by atoms with van der Waals surface area (Å²) < 4.78 is 73.1. The van der Waals surface area contributed by atoms with E-state index in [1.165, 1.54) is 25.3 Å². The van der Waals surface area contributed by atoms with Crippen LogP contribution in [0, 0.1) is 30.2 Å². The Morgan fingerprint density at radius 2 is 1.56 bits per heavy atom. The van der Waals surface area contributed by atoms with E-state index in [0.29, 0.717) is 11.1 Å². The molecule has 0 unspecified atom stereocenters. The lowest BCUT2D eigenvalue weighted by Crippen LogP contribution is -2.40. The zero-order chi connectivity index (χ0) is 28.9. The first-order chi connectivity index (χ1) is 18.2. The number of esters is 1. The number of hydrogen-bond donors (Lipinski definition) is 1. The standard InChI is InChI=1S/C29H30F4N2O3Si/c1-15-12-18(28(36)37-5)26-19(13-15)34-27(35-26)21-24(32)22(30)20(23(31)25(21)33)17-11-9-8-10-16(17)14-38-39(6,7)29(2,3)4/h8-13H,14H2,1-7H3,(H,34,35). The second-order valence-electron chi connectivity index (χ2n) is 11.0. The van der Waals surface area contributed by atoms with E-state index in [-0.39, 0.29) is 33.8 Å². The van der Waals surface area contributed by atoms with Crippen LogP contribution < -0.4 is 0 Å². The molecule has 4 rings (SSSR count). The molecule has 0 aliphatic rings. The molecule has 0 spiro atoms. The Morgan fingerprint density at radius 3 is 2.15 bits per heavy atom. The highest BCUT2D eigenvalue weighted by molar-refractivity contribution is 6.74. The topological polar surface area (TPSA) is 64.2 Å². The molecular weight excluding hydrogens is 528 g/mol. The molecule has 3 aromatic carbocycles. The first kappa shape index (κ1) is 28.5. The average molecular weight is 559 g/mol. The van der Waals surface area contributed by atoms with Crippen LogP contribution in [0.5, 0.6) is 0 Å². The molecule has 0 saturated heterocycles. The van der Waals surface area contributed by atoms with Crippen molar-refractivity contribution < 1.29 is 31.5 Å². The molecule has 0 aliphatic carbocycles. The van der Waals surface area contributed by atoms with Crippen LogP contribution in [-0.4, -0.2) is 31.4 Å². The monoisotopic (exact) mass is 558 g/mol. The van der Waals surface area contributed by atoms with Gasteiger partial charge in [0.1, 0.15) is 11.3 Å². The van der Waals surface area contributed by atoms with E-state index in [2.05, 4.69) is 30.7 Å². The Balaban J connectivity index is 1.85. The number of H-pyrrole nitrogens is 1. The lowest BCUT2D eigenvalue weighted by molar-refractivity contribution is 0.0602. The summed E-state index contributed by atoms with van der Waals surface area (Å²) in [7, 11) is -1.05. The molecule has 1 aromatic heterocycles. The number of carbonyl (C=O) groups excluding carboxylic acids is 1. The fourth-order valence-corrected chi connectivity index (χ4v) is 5.04. The van der Waals surface area contributed by atoms with Gasteiger partial charge in [-0.25, -0.2) is 27.3 Å². The third-order valence-electron chi connectivity index (χ3n) is 7.32. The van der Waals surface area contributed by atoms with E-state index in [0.717, 1.165) is 0 Å². The van der Waals surface area contributed by atoms with Crippen LogP contribution in [0.2, 0.25) is 18.1 Å². The van der Waals surface area contributed by atoms with Gasteiger partial charge in [-0.2, -0.15) is 0 Å². The maximum absolute atomic E-state index is 15.6. The smallest absolute Gasteiger partial charge is 0.340 e. The molecule has 0 saturated carbocycles. The van der Waals surface area contributed by atoms with Crippen molar-refractivity contribution in [3.63, 3.8) is 0 Å². The Hall–Kier alpha value is -3.50. The van der Waals surface area contributed by atoms with Gasteiger partial charge < -0.3 is 14.1 Å². The van der Waals surface area contributed by atoms with Gasteiger partial charge in [0.2, 0.25) is 0 Å². The number of aromatic amines is 1. The molecule has 39 heavy (non-hydrogen) atoms. The van der Waals surface area contributed by atoms with Crippen molar-refractivity contribution >= 4 is 25.3 Å². The summed E-state index contributed by atoms with van der Waals surface area (Å²) >= 11 is 0. The van der Waals surface area contributed by atoms with Crippen molar-refractivity contribution in [1.82, 2.24) is 9.97 Å². The van der Waals surface area contributed by atoms with E-state index in [1.807, 2.05) is 13.1 Å². The van der Waals surface area contributed by atoms with Gasteiger partial charge in [-0.3, -0.25) is 0 Å². The molecule has 0 fully saturated rings. The molecule has 5 nitrogen and oxygen atoms in total. The maximum atomic E-state index is 15.6. The predicted octanol–water partition coefficient (Wildman–Crippen LogP) is 8.07. The Labute approximate surface area is 225 Å². The van der Waals surface area contributed by atoms with Gasteiger partial charge in [0.15, 0.2) is 31.6 Å². The largest absolute Gasteiger partial charge is 0.465 e. The summed E-state index contributed by atoms with van der Waals surface area (Å²) in [5.74, 6) is -7.53. The van der Waals surface area contributed by atoms with Crippen LogP contribution in [0.1, 0.15) is 42.3 Å². The summed E-state index contributed by atoms with van der Waals surface area (Å²) in [4.78, 5) is 19.0. The van der Waals surface area contributed by atoms with Crippen LogP contribution in [-0.2, 0) is 15.8 Å². The van der Waals surface area contributed by atoms with E-state index >= 15 is 17.6 Å². The van der Waals surface area contributed by atoms with Gasteiger partial charge in [0.25, 0.3) is 0 Å². The lowest BCUT2D eigenvalue weighted by Gasteiger charge is -2.36. The molecule has 0 bridgehead atoms. The molecule has 1 N–H and O–H groups in total. The van der Waals surface area contributed by atoms with Gasteiger partial charge in [-0.1, -0.05) is 45.0 Å². The van der Waals surface area contributed by atoms with Crippen molar-refractivity contribution in [2.75, 3.05) is 7.11 Å². The minimum atomic E-state index is -2.23. The Bertz CT molecular complexity index is 1560. The third-order valence-corrected chi connectivity index (χ3v) is 11.8. The molecule has 1 heterocycles. The number of carbonyl (C=O) groups is 1. The van der Waals surface area contributed by atoms with E-state index in [4.69, 9.17) is 9.16 Å². The third kappa shape index (κ3) is 5.10. The first-order valence-corrected chi connectivity index (χ1v) is 15.3. The van der Waals surface area contributed by atoms with Crippen molar-refractivity contribution in [3.05, 3.63) is 76.4 Å². The second kappa shape index (κ2) is 10.2. The van der Waals surface area contributed by atoms with E-state index < -0.39 is 54.5 Å². The number of fused-ring (bicyclic) bond motifs is 1. The van der Waals surface area contributed by atoms with Gasteiger partial charge in [-0.15, -0.1) is 0 Å². The van der Waals surface area contributed by atoms with Crippen molar-refractivity contribution in [1.29, 1.82) is 0 Å². The number of nitrogens with one attached hydrogen (secondary N) is 1. The highest BCUT2D eigenvalue weighted by atomic mass is 28.4. The normalized spacial score (nSPS) is 12.3. The van der Waals surface area contributed by atoms with Gasteiger partial charge in [0, 0.05) is 0 Å². The number of ether oxygens (including phenoxy) is 1. The quantitative estimate of drug-likeness (QED) is 0.113. The maximum Gasteiger partial charge on any atom is 0.340 e. The summed E-state index contributed by atoms with van der Waals surface area (Å²) in [5, 5.41) is -0.114. The van der Waals surface area contributed by atoms with Gasteiger partial charge >= 0.3 is 5.97 Å². The molecule has 206 valence electrons. The number of nitrogens with zero attached hydrogens (tertiary/aromatic N) is 1. The number of aryl methyl sites for hydroxylation is 1. The number of benzene rings is 3. The fourth-order valence-electron chi connectivity index (χ4n) is 4.09. The van der Waals surface area contributed by atoms with Crippen molar-refractivity contribution in [3.8, 4) is 22.5 Å². The highest BCUT2D eigenvalue weighted by Gasteiger charge is 2.37. The van der Waals surface area contributed by atoms with Crippen molar-refractivity contribution in [2.24, 2.45) is 0 Å². The Morgan fingerprint density at radius 1 is 0.974 bits per heavy atom. The van der Waals surface area contributed by atoms with Crippen LogP contribution in [0.15, 0.2) is 36.4 Å². The van der Waals surface area contributed by atoms with E-state index in [1.54, 1.807) is 25.1 Å². The number of imidazole rings is 1. The number of hydrogen-bond acceptors (Lipinski definition) is 4. The van der Waals surface area contributed by atoms with Crippen LogP contribution in [0.3, 0.4) is 0 Å². The average Bonchev–Trinajstić information content (AvgIpc) is 3.28. The molecule has 0 radical (unpaired) electrons. The molecule has 0 atom stereocenters. The molecular formula is C29H30F4N2O3Si. The second-order valence-corrected chi connectivity index (χ2v) is 15.8. The number of aromatic nitrogens is 2. The molecule has 10 heteroatoms. The summed E-state index contributed by atoms with van der Waals surface area (Å²) in [6, 6.07) is 9.30. The zero-order valence-electron chi connectivity index (χ0n) is 22.9. The predicted molar refractivity (Wildman–Crippen MR) is 145 cm³/mol. The van der Waals surface area contributed by atoms with Gasteiger partial charge in [0.05, 0.1) is 35.9 Å². The van der Waals surface area contributed by atoms with Crippen LogP contribution >= 0.6 is 0 Å². The van der Waals surface area contributed by atoms with E-state index in [9.17, 15) is 4.79 Å². The molecule has 0 aliphatic heterocycles. The summed E-state index contributed by atoms with van der Waals surface area (Å²) in [6.45, 7) is 12.0. The number of rotatable bonds is 6. The van der Waals surface area contributed by atoms with Crippen LogP contribution in [0.25, 0.3) is 33.5 Å². The molecule has 0 amide bonds. The fraction of sp³-hybridized carbons (Fsp3) is 0.310. The zero-order valence-corrected chi connectivity index (χ0v) is 23.9. The minimum absolute atomic E-state index is 0.0104.